The van der Waals surface area contributed by atoms with Gasteiger partial charge in [0, 0.05) is 31.5 Å². The van der Waals surface area contributed by atoms with Crippen LogP contribution >= 0.6 is 0 Å². The van der Waals surface area contributed by atoms with Gasteiger partial charge in [0.25, 0.3) is 15.7 Å². The number of nitro groups is 1. The third-order valence-electron chi connectivity index (χ3n) is 4.60. The number of hydrogen-bond donors (Lipinski definition) is 1. The van der Waals surface area contributed by atoms with Crippen molar-refractivity contribution < 1.29 is 18.1 Å². The van der Waals surface area contributed by atoms with E-state index in [1.807, 2.05) is 11.8 Å². The first-order valence-electron chi connectivity index (χ1n) is 9.13. The molecule has 3 rings (SSSR count). The smallest absolute Gasteiger partial charge is 0.293 e. The van der Waals surface area contributed by atoms with Gasteiger partial charge in [-0.1, -0.05) is 18.2 Å². The van der Waals surface area contributed by atoms with Crippen molar-refractivity contribution >= 4 is 27.1 Å². The van der Waals surface area contributed by atoms with Gasteiger partial charge in [-0.3, -0.25) is 14.8 Å². The number of benzene rings is 2. The summed E-state index contributed by atoms with van der Waals surface area (Å²) >= 11 is 0. The highest BCUT2D eigenvalue weighted by molar-refractivity contribution is 7.92. The molecule has 150 valence electrons. The molecule has 0 aromatic heterocycles. The monoisotopic (exact) mass is 405 g/mol. The van der Waals surface area contributed by atoms with Crippen molar-refractivity contribution in [3.05, 3.63) is 58.6 Å². The average Bonchev–Trinajstić information content (AvgIpc) is 2.68. The summed E-state index contributed by atoms with van der Waals surface area (Å²) < 4.78 is 33.4. The summed E-state index contributed by atoms with van der Waals surface area (Å²) in [7, 11) is -3.93. The summed E-state index contributed by atoms with van der Waals surface area (Å²) in [5.74, 6) is 0. The van der Waals surface area contributed by atoms with Crippen molar-refractivity contribution in [2.24, 2.45) is 0 Å². The number of anilines is 2. The molecule has 1 unspecified atom stereocenters. The molecule has 8 nitrogen and oxygen atoms in total. The van der Waals surface area contributed by atoms with Crippen LogP contribution in [0.4, 0.5) is 17.1 Å². The van der Waals surface area contributed by atoms with Gasteiger partial charge in [-0.15, -0.1) is 0 Å². The summed E-state index contributed by atoms with van der Waals surface area (Å²) in [6, 6.07) is 12.4. The highest BCUT2D eigenvalue weighted by atomic mass is 32.2. The summed E-state index contributed by atoms with van der Waals surface area (Å²) in [4.78, 5) is 12.8. The molecule has 1 aliphatic rings. The van der Waals surface area contributed by atoms with E-state index in [4.69, 9.17) is 4.74 Å². The number of ether oxygens (including phenoxy) is 1. The molecule has 0 saturated carbocycles. The Morgan fingerprint density at radius 3 is 2.68 bits per heavy atom. The number of para-hydroxylation sites is 1. The molecule has 28 heavy (non-hydrogen) atoms. The number of piperidine rings is 1. The number of rotatable bonds is 7. The van der Waals surface area contributed by atoms with Crippen LogP contribution in [0.5, 0.6) is 0 Å². The van der Waals surface area contributed by atoms with E-state index < -0.39 is 14.9 Å². The van der Waals surface area contributed by atoms with Gasteiger partial charge in [-0.2, -0.15) is 0 Å². The molecule has 1 saturated heterocycles. The zero-order chi connectivity index (χ0) is 20.1. The zero-order valence-electron chi connectivity index (χ0n) is 15.6. The lowest BCUT2D eigenvalue weighted by Gasteiger charge is -2.33. The zero-order valence-corrected chi connectivity index (χ0v) is 16.4. The minimum absolute atomic E-state index is 0.0153. The Bertz CT molecular complexity index is 932. The lowest BCUT2D eigenvalue weighted by atomic mass is 10.1. The van der Waals surface area contributed by atoms with Crippen LogP contribution in [-0.4, -0.2) is 39.1 Å². The van der Waals surface area contributed by atoms with E-state index in [1.54, 1.807) is 30.3 Å². The Kier molecular flexibility index (Phi) is 6.15. The van der Waals surface area contributed by atoms with Gasteiger partial charge >= 0.3 is 0 Å². The molecule has 1 atom stereocenters. The molecule has 1 heterocycles. The number of nitrogens with zero attached hydrogens (tertiary/aromatic N) is 2. The molecule has 0 radical (unpaired) electrons. The van der Waals surface area contributed by atoms with Crippen LogP contribution in [-0.2, 0) is 14.8 Å². The van der Waals surface area contributed by atoms with Crippen LogP contribution in [0.15, 0.2) is 53.4 Å². The van der Waals surface area contributed by atoms with Gasteiger partial charge in [0.2, 0.25) is 0 Å². The van der Waals surface area contributed by atoms with Gasteiger partial charge < -0.3 is 9.64 Å². The van der Waals surface area contributed by atoms with Gasteiger partial charge in [-0.25, -0.2) is 8.42 Å². The Hall–Kier alpha value is -2.65. The van der Waals surface area contributed by atoms with Crippen molar-refractivity contribution in [1.29, 1.82) is 0 Å². The molecule has 2 aromatic rings. The van der Waals surface area contributed by atoms with Gasteiger partial charge in [0.05, 0.1) is 15.9 Å². The molecule has 1 aliphatic heterocycles. The predicted molar refractivity (Wildman–Crippen MR) is 107 cm³/mol. The fraction of sp³-hybridized carbons (Fsp3) is 0.368. The molecule has 1 N–H and O–H groups in total. The maximum absolute atomic E-state index is 12.6. The highest BCUT2D eigenvalue weighted by Gasteiger charge is 2.28. The summed E-state index contributed by atoms with van der Waals surface area (Å²) in [5, 5.41) is 11.6. The van der Waals surface area contributed by atoms with E-state index in [0.29, 0.717) is 31.1 Å². The van der Waals surface area contributed by atoms with E-state index in [9.17, 15) is 18.5 Å². The highest BCUT2D eigenvalue weighted by Crippen LogP contribution is 2.33. The number of hydrogen-bond acceptors (Lipinski definition) is 6. The normalized spacial score (nSPS) is 17.3. The fourth-order valence-corrected chi connectivity index (χ4v) is 4.41. The lowest BCUT2D eigenvalue weighted by molar-refractivity contribution is -0.384. The third kappa shape index (κ3) is 4.60. The first-order chi connectivity index (χ1) is 13.4. The van der Waals surface area contributed by atoms with Crippen LogP contribution in [0.1, 0.15) is 19.8 Å². The third-order valence-corrected chi connectivity index (χ3v) is 5.98. The molecular weight excluding hydrogens is 382 g/mol. The molecular formula is C19H23N3O5S. The standard InChI is InChI=1S/C19H23N3O5S/c1-2-27-16-9-6-12-21(14-16)18-11-10-17(13-19(18)22(23)24)28(25,26)20-15-7-4-3-5-8-15/h3-5,7-8,10-11,13,16,20H,2,6,9,12,14H2,1H3. The average molecular weight is 405 g/mol. The maximum Gasteiger partial charge on any atom is 0.293 e. The predicted octanol–water partition coefficient (Wildman–Crippen LogP) is 3.40. The Morgan fingerprint density at radius 1 is 1.25 bits per heavy atom. The van der Waals surface area contributed by atoms with E-state index in [1.165, 1.54) is 12.1 Å². The van der Waals surface area contributed by atoms with Crippen molar-refractivity contribution in [3.8, 4) is 0 Å². The van der Waals surface area contributed by atoms with E-state index in [2.05, 4.69) is 4.72 Å². The topological polar surface area (TPSA) is 102 Å². The van der Waals surface area contributed by atoms with E-state index >= 15 is 0 Å². The fourth-order valence-electron chi connectivity index (χ4n) is 3.33. The first-order valence-corrected chi connectivity index (χ1v) is 10.6. The van der Waals surface area contributed by atoms with Gasteiger partial charge in [0.1, 0.15) is 5.69 Å². The largest absolute Gasteiger partial charge is 0.377 e. The molecule has 0 bridgehead atoms. The maximum atomic E-state index is 12.6. The molecule has 0 amide bonds. The molecule has 0 spiro atoms. The number of sulfonamides is 1. The Morgan fingerprint density at radius 2 is 2.00 bits per heavy atom. The molecule has 9 heteroatoms. The lowest BCUT2D eigenvalue weighted by Crippen LogP contribution is -2.40. The summed E-state index contributed by atoms with van der Waals surface area (Å²) in [6.45, 7) is 3.71. The second kappa shape index (κ2) is 8.57. The Labute approximate surface area is 164 Å². The minimum Gasteiger partial charge on any atom is -0.377 e. The SMILES string of the molecule is CCOC1CCCN(c2ccc(S(=O)(=O)Nc3ccccc3)cc2[N+](=O)[O-])C1. The quantitative estimate of drug-likeness (QED) is 0.559. The van der Waals surface area contributed by atoms with Crippen molar-refractivity contribution in [3.63, 3.8) is 0 Å². The first kappa shape index (κ1) is 20.1. The van der Waals surface area contributed by atoms with Gasteiger partial charge in [-0.05, 0) is 44.0 Å². The summed E-state index contributed by atoms with van der Waals surface area (Å²) in [5.41, 5.74) is 0.575. The van der Waals surface area contributed by atoms with Crippen molar-refractivity contribution in [1.82, 2.24) is 0 Å². The molecule has 2 aromatic carbocycles. The molecule has 1 fully saturated rings. The van der Waals surface area contributed by atoms with Crippen LogP contribution in [0.3, 0.4) is 0 Å². The molecule has 0 aliphatic carbocycles. The van der Waals surface area contributed by atoms with Crippen molar-refractivity contribution in [2.75, 3.05) is 29.3 Å². The van der Waals surface area contributed by atoms with Crippen LogP contribution in [0, 0.1) is 10.1 Å². The number of nitro benzene ring substituents is 1. The second-order valence-corrected chi connectivity index (χ2v) is 8.23. The Balaban J connectivity index is 1.90. The van der Waals surface area contributed by atoms with E-state index in [0.717, 1.165) is 18.9 Å². The number of nitrogens with one attached hydrogen (secondary N) is 1. The van der Waals surface area contributed by atoms with Crippen LogP contribution in [0.25, 0.3) is 0 Å². The minimum atomic E-state index is -3.93. The second-order valence-electron chi connectivity index (χ2n) is 6.54. The van der Waals surface area contributed by atoms with Crippen molar-refractivity contribution in [2.45, 2.75) is 30.8 Å². The van der Waals surface area contributed by atoms with E-state index in [-0.39, 0.29) is 16.7 Å². The summed E-state index contributed by atoms with van der Waals surface area (Å²) in [6.07, 6.45) is 1.78. The van der Waals surface area contributed by atoms with Crippen LogP contribution in [0.2, 0.25) is 0 Å². The van der Waals surface area contributed by atoms with Gasteiger partial charge in [0.15, 0.2) is 0 Å². The van der Waals surface area contributed by atoms with Crippen LogP contribution < -0.4 is 9.62 Å².